The zero-order chi connectivity index (χ0) is 12.7. The predicted molar refractivity (Wildman–Crippen MR) is 71.1 cm³/mol. The van der Waals surface area contributed by atoms with Crippen LogP contribution in [0.3, 0.4) is 0 Å². The number of hydrogen-bond donors (Lipinski definition) is 1. The number of rotatable bonds is 7. The van der Waals surface area contributed by atoms with Crippen LogP contribution in [-0.4, -0.2) is 18.3 Å². The van der Waals surface area contributed by atoms with Crippen molar-refractivity contribution in [2.24, 2.45) is 5.92 Å². The van der Waals surface area contributed by atoms with Crippen LogP contribution in [0.5, 0.6) is 0 Å². The van der Waals surface area contributed by atoms with E-state index in [-0.39, 0.29) is 12.7 Å². The Labute approximate surface area is 105 Å². The van der Waals surface area contributed by atoms with E-state index in [0.717, 1.165) is 12.0 Å². The Morgan fingerprint density at radius 1 is 1.18 bits per heavy atom. The van der Waals surface area contributed by atoms with Crippen molar-refractivity contribution in [1.29, 1.82) is 0 Å². The molecule has 1 aromatic carbocycles. The van der Waals surface area contributed by atoms with E-state index in [1.807, 2.05) is 6.92 Å². The van der Waals surface area contributed by atoms with Crippen molar-refractivity contribution in [3.05, 3.63) is 35.4 Å². The van der Waals surface area contributed by atoms with Crippen LogP contribution in [0, 0.1) is 5.92 Å². The molecule has 0 amide bonds. The molecule has 0 radical (unpaired) electrons. The summed E-state index contributed by atoms with van der Waals surface area (Å²) in [5, 5.41) is 9.02. The maximum absolute atomic E-state index is 9.02. The highest BCUT2D eigenvalue weighted by Crippen LogP contribution is 2.22. The van der Waals surface area contributed by atoms with E-state index in [1.165, 1.54) is 5.56 Å². The lowest BCUT2D eigenvalue weighted by Crippen LogP contribution is -2.06. The average molecular weight is 236 g/mol. The SMILES string of the molecule is CCOC(CCO)c1ccc(CC(C)C)cc1. The van der Waals surface area contributed by atoms with E-state index < -0.39 is 0 Å². The summed E-state index contributed by atoms with van der Waals surface area (Å²) in [7, 11) is 0. The van der Waals surface area contributed by atoms with Crippen molar-refractivity contribution in [2.75, 3.05) is 13.2 Å². The van der Waals surface area contributed by atoms with E-state index in [2.05, 4.69) is 38.1 Å². The Morgan fingerprint density at radius 3 is 2.29 bits per heavy atom. The summed E-state index contributed by atoms with van der Waals surface area (Å²) in [6.45, 7) is 7.28. The van der Waals surface area contributed by atoms with Gasteiger partial charge in [0.2, 0.25) is 0 Å². The lowest BCUT2D eigenvalue weighted by Gasteiger charge is -2.17. The first-order chi connectivity index (χ1) is 8.17. The molecule has 1 N–H and O–H groups in total. The minimum absolute atomic E-state index is 0.0260. The van der Waals surface area contributed by atoms with Crippen LogP contribution >= 0.6 is 0 Å². The molecule has 0 spiro atoms. The molecule has 2 nitrogen and oxygen atoms in total. The second-order valence-electron chi connectivity index (χ2n) is 4.80. The van der Waals surface area contributed by atoms with Crippen LogP contribution < -0.4 is 0 Å². The van der Waals surface area contributed by atoms with Crippen molar-refractivity contribution in [3.8, 4) is 0 Å². The van der Waals surface area contributed by atoms with Gasteiger partial charge < -0.3 is 9.84 Å². The average Bonchev–Trinajstić information content (AvgIpc) is 2.29. The van der Waals surface area contributed by atoms with Crippen LogP contribution in [0.15, 0.2) is 24.3 Å². The fraction of sp³-hybridized carbons (Fsp3) is 0.600. The third-order valence-corrected chi connectivity index (χ3v) is 2.75. The van der Waals surface area contributed by atoms with Gasteiger partial charge in [0.1, 0.15) is 0 Å². The third kappa shape index (κ3) is 4.88. The highest BCUT2D eigenvalue weighted by molar-refractivity contribution is 5.24. The van der Waals surface area contributed by atoms with Crippen molar-refractivity contribution < 1.29 is 9.84 Å². The minimum Gasteiger partial charge on any atom is -0.396 e. The Morgan fingerprint density at radius 2 is 1.82 bits per heavy atom. The van der Waals surface area contributed by atoms with Crippen LogP contribution in [0.4, 0.5) is 0 Å². The molecule has 0 fully saturated rings. The van der Waals surface area contributed by atoms with Gasteiger partial charge in [-0.25, -0.2) is 0 Å². The summed E-state index contributed by atoms with van der Waals surface area (Å²) in [4.78, 5) is 0. The summed E-state index contributed by atoms with van der Waals surface area (Å²) >= 11 is 0. The molecular formula is C15H24O2. The van der Waals surface area contributed by atoms with Gasteiger partial charge in [-0.3, -0.25) is 0 Å². The molecule has 0 heterocycles. The smallest absolute Gasteiger partial charge is 0.0846 e. The molecular weight excluding hydrogens is 212 g/mol. The molecule has 0 saturated carbocycles. The number of benzene rings is 1. The van der Waals surface area contributed by atoms with E-state index in [1.54, 1.807) is 0 Å². The number of hydrogen-bond acceptors (Lipinski definition) is 2. The van der Waals surface area contributed by atoms with Gasteiger partial charge in [-0.15, -0.1) is 0 Å². The van der Waals surface area contributed by atoms with Gasteiger partial charge in [-0.2, -0.15) is 0 Å². The molecule has 0 aliphatic carbocycles. The zero-order valence-corrected chi connectivity index (χ0v) is 11.1. The topological polar surface area (TPSA) is 29.5 Å². The van der Waals surface area contributed by atoms with Crippen LogP contribution in [0.25, 0.3) is 0 Å². The second kappa shape index (κ2) is 7.46. The molecule has 17 heavy (non-hydrogen) atoms. The Hall–Kier alpha value is -0.860. The fourth-order valence-corrected chi connectivity index (χ4v) is 2.00. The first-order valence-corrected chi connectivity index (χ1v) is 6.48. The Bertz CT molecular complexity index is 297. The quantitative estimate of drug-likeness (QED) is 0.786. The lowest BCUT2D eigenvalue weighted by atomic mass is 9.99. The highest BCUT2D eigenvalue weighted by Gasteiger charge is 2.10. The standard InChI is InChI=1S/C15H24O2/c1-4-17-15(9-10-16)14-7-5-13(6-8-14)11-12(2)3/h5-8,12,15-16H,4,9-11H2,1-3H3. The van der Waals surface area contributed by atoms with Crippen LogP contribution in [-0.2, 0) is 11.2 Å². The largest absolute Gasteiger partial charge is 0.396 e. The van der Waals surface area contributed by atoms with E-state index >= 15 is 0 Å². The zero-order valence-electron chi connectivity index (χ0n) is 11.1. The van der Waals surface area contributed by atoms with E-state index in [9.17, 15) is 0 Å². The summed E-state index contributed by atoms with van der Waals surface area (Å²) in [6, 6.07) is 8.57. The molecule has 2 heteroatoms. The Balaban J connectivity index is 2.69. The fourth-order valence-electron chi connectivity index (χ4n) is 2.00. The molecule has 0 saturated heterocycles. The molecule has 1 aromatic rings. The van der Waals surface area contributed by atoms with Gasteiger partial charge in [0, 0.05) is 19.6 Å². The first-order valence-electron chi connectivity index (χ1n) is 6.48. The number of aliphatic hydroxyl groups is 1. The van der Waals surface area contributed by atoms with Crippen molar-refractivity contribution >= 4 is 0 Å². The minimum atomic E-state index is 0.0260. The Kier molecular flexibility index (Phi) is 6.23. The number of ether oxygens (including phenoxy) is 1. The molecule has 0 bridgehead atoms. The molecule has 0 aliphatic rings. The molecule has 0 aliphatic heterocycles. The monoisotopic (exact) mass is 236 g/mol. The molecule has 1 atom stereocenters. The van der Waals surface area contributed by atoms with Gasteiger partial charge in [-0.05, 0) is 30.4 Å². The molecule has 0 aromatic heterocycles. The van der Waals surface area contributed by atoms with Gasteiger partial charge in [-0.1, -0.05) is 38.1 Å². The van der Waals surface area contributed by atoms with E-state index in [4.69, 9.17) is 9.84 Å². The van der Waals surface area contributed by atoms with Gasteiger partial charge in [0.25, 0.3) is 0 Å². The van der Waals surface area contributed by atoms with Crippen LogP contribution in [0.2, 0.25) is 0 Å². The van der Waals surface area contributed by atoms with Crippen molar-refractivity contribution in [3.63, 3.8) is 0 Å². The normalized spacial score (nSPS) is 13.0. The summed E-state index contributed by atoms with van der Waals surface area (Å²) in [6.07, 6.45) is 1.80. The predicted octanol–water partition coefficient (Wildman–Crippen LogP) is 3.35. The first kappa shape index (κ1) is 14.2. The maximum atomic E-state index is 9.02. The van der Waals surface area contributed by atoms with Gasteiger partial charge in [0.05, 0.1) is 6.10 Å². The third-order valence-electron chi connectivity index (χ3n) is 2.75. The highest BCUT2D eigenvalue weighted by atomic mass is 16.5. The van der Waals surface area contributed by atoms with Gasteiger partial charge in [0.15, 0.2) is 0 Å². The lowest BCUT2D eigenvalue weighted by molar-refractivity contribution is 0.0432. The maximum Gasteiger partial charge on any atom is 0.0846 e. The van der Waals surface area contributed by atoms with Crippen LogP contribution in [0.1, 0.15) is 44.4 Å². The summed E-state index contributed by atoms with van der Waals surface area (Å²) in [5.41, 5.74) is 2.52. The van der Waals surface area contributed by atoms with Crippen molar-refractivity contribution in [2.45, 2.75) is 39.7 Å². The summed E-state index contributed by atoms with van der Waals surface area (Å²) in [5.74, 6) is 0.681. The number of aliphatic hydroxyl groups excluding tert-OH is 1. The molecule has 96 valence electrons. The molecule has 1 unspecified atom stereocenters. The van der Waals surface area contributed by atoms with Gasteiger partial charge >= 0.3 is 0 Å². The van der Waals surface area contributed by atoms with Crippen molar-refractivity contribution in [1.82, 2.24) is 0 Å². The molecule has 1 rings (SSSR count). The summed E-state index contributed by atoms with van der Waals surface area (Å²) < 4.78 is 5.63. The second-order valence-corrected chi connectivity index (χ2v) is 4.80. The van der Waals surface area contributed by atoms with E-state index in [0.29, 0.717) is 18.9 Å².